The summed E-state index contributed by atoms with van der Waals surface area (Å²) in [4.78, 5) is 7.18. The number of para-hydroxylation sites is 1. The van der Waals surface area contributed by atoms with Gasteiger partial charge in [-0.05, 0) is 56.2 Å². The van der Waals surface area contributed by atoms with Gasteiger partial charge in [0.15, 0.2) is 5.96 Å². The Morgan fingerprint density at radius 3 is 2.52 bits per heavy atom. The van der Waals surface area contributed by atoms with E-state index >= 15 is 0 Å². The molecule has 0 fully saturated rings. The van der Waals surface area contributed by atoms with Crippen LogP contribution in [0.15, 0.2) is 71.7 Å². The Hall–Kier alpha value is -2.81. The molecule has 2 N–H and O–H groups in total. The van der Waals surface area contributed by atoms with Crippen molar-refractivity contribution in [2.75, 3.05) is 24.5 Å². The standard InChI is InChI=1S/C26H32N6.HI/c1-4-27-26(28-18-22-10-9-12-24(17-22)31-14-7-8-15-31)29-19-23-11-5-6-13-25(23)32-21(3)16-20(2)30-32;/h5-13,16-17H,4,14-15,18-19H2,1-3H3,(H2,27,28,29);1H. The molecule has 0 saturated carbocycles. The molecule has 1 aromatic heterocycles. The largest absolute Gasteiger partial charge is 0.364 e. The fourth-order valence-corrected chi connectivity index (χ4v) is 3.97. The zero-order valence-corrected chi connectivity index (χ0v) is 21.9. The van der Waals surface area contributed by atoms with Gasteiger partial charge in [0.2, 0.25) is 0 Å². The highest BCUT2D eigenvalue weighted by Gasteiger charge is 2.10. The molecular formula is C26H33IN6. The highest BCUT2D eigenvalue weighted by molar-refractivity contribution is 14.0. The van der Waals surface area contributed by atoms with Crippen molar-refractivity contribution in [2.45, 2.75) is 33.9 Å². The maximum atomic E-state index is 4.83. The van der Waals surface area contributed by atoms with Crippen LogP contribution in [-0.2, 0) is 13.1 Å². The van der Waals surface area contributed by atoms with E-state index in [0.717, 1.165) is 42.7 Å². The zero-order chi connectivity index (χ0) is 22.3. The molecule has 3 aromatic rings. The normalized spacial score (nSPS) is 13.2. The number of nitrogens with one attached hydrogen (secondary N) is 2. The van der Waals surface area contributed by atoms with Crippen molar-refractivity contribution in [3.05, 3.63) is 89.3 Å². The average Bonchev–Trinajstić information content (AvgIpc) is 3.46. The van der Waals surface area contributed by atoms with E-state index in [2.05, 4.69) is 101 Å². The minimum Gasteiger partial charge on any atom is -0.364 e. The lowest BCUT2D eigenvalue weighted by Gasteiger charge is -2.18. The maximum Gasteiger partial charge on any atom is 0.191 e. The van der Waals surface area contributed by atoms with Crippen molar-refractivity contribution >= 4 is 35.6 Å². The van der Waals surface area contributed by atoms with E-state index in [1.165, 1.54) is 16.8 Å². The molecule has 2 heterocycles. The Balaban J connectivity index is 0.00000306. The summed E-state index contributed by atoms with van der Waals surface area (Å²) >= 11 is 0. The summed E-state index contributed by atoms with van der Waals surface area (Å²) in [6, 6.07) is 19.1. The number of aryl methyl sites for hydroxylation is 2. The van der Waals surface area contributed by atoms with Gasteiger partial charge in [0.1, 0.15) is 0 Å². The monoisotopic (exact) mass is 556 g/mol. The maximum absolute atomic E-state index is 4.83. The molecule has 0 aliphatic carbocycles. The third-order valence-corrected chi connectivity index (χ3v) is 5.53. The van der Waals surface area contributed by atoms with Crippen LogP contribution >= 0.6 is 24.0 Å². The van der Waals surface area contributed by atoms with Crippen LogP contribution in [-0.4, -0.2) is 35.4 Å². The molecule has 0 saturated heterocycles. The summed E-state index contributed by atoms with van der Waals surface area (Å²) in [6.45, 7) is 10.3. The Morgan fingerprint density at radius 1 is 1.00 bits per heavy atom. The van der Waals surface area contributed by atoms with E-state index in [1.54, 1.807) is 0 Å². The lowest BCUT2D eigenvalue weighted by molar-refractivity contribution is 0.783. The third-order valence-electron chi connectivity index (χ3n) is 5.53. The first-order valence-electron chi connectivity index (χ1n) is 11.3. The summed E-state index contributed by atoms with van der Waals surface area (Å²) in [6.07, 6.45) is 4.42. The van der Waals surface area contributed by atoms with Crippen LogP contribution in [0.3, 0.4) is 0 Å². The van der Waals surface area contributed by atoms with E-state index in [9.17, 15) is 0 Å². The second-order valence-electron chi connectivity index (χ2n) is 8.06. The predicted molar refractivity (Wildman–Crippen MR) is 148 cm³/mol. The van der Waals surface area contributed by atoms with Gasteiger partial charge in [-0.25, -0.2) is 9.67 Å². The molecule has 1 aliphatic rings. The van der Waals surface area contributed by atoms with Gasteiger partial charge in [0.05, 0.1) is 17.9 Å². The average molecular weight is 556 g/mol. The molecule has 2 aromatic carbocycles. The lowest BCUT2D eigenvalue weighted by atomic mass is 10.1. The van der Waals surface area contributed by atoms with Crippen molar-refractivity contribution in [1.82, 2.24) is 20.4 Å². The van der Waals surface area contributed by atoms with Crippen molar-refractivity contribution < 1.29 is 0 Å². The summed E-state index contributed by atoms with van der Waals surface area (Å²) in [5, 5.41) is 11.5. The van der Waals surface area contributed by atoms with Gasteiger partial charge in [0.25, 0.3) is 0 Å². The number of benzene rings is 2. The number of hydrogen-bond acceptors (Lipinski definition) is 3. The quantitative estimate of drug-likeness (QED) is 0.191. The van der Waals surface area contributed by atoms with Gasteiger partial charge in [-0.2, -0.15) is 5.10 Å². The molecule has 0 unspecified atom stereocenters. The fraction of sp³-hybridized carbons (Fsp3) is 0.308. The minimum absolute atomic E-state index is 0. The Morgan fingerprint density at radius 2 is 1.79 bits per heavy atom. The Labute approximate surface area is 213 Å². The van der Waals surface area contributed by atoms with E-state index in [1.807, 2.05) is 11.6 Å². The van der Waals surface area contributed by atoms with Crippen LogP contribution in [0.2, 0.25) is 0 Å². The first-order valence-corrected chi connectivity index (χ1v) is 11.3. The van der Waals surface area contributed by atoms with Crippen LogP contribution in [0.4, 0.5) is 5.69 Å². The first kappa shape index (κ1) is 24.8. The van der Waals surface area contributed by atoms with Crippen molar-refractivity contribution in [2.24, 2.45) is 4.99 Å². The SMILES string of the molecule is CCNC(=NCc1cccc(N2CC=CC2)c1)NCc1ccccc1-n1nc(C)cc1C.I. The summed E-state index contributed by atoms with van der Waals surface area (Å²) in [5.74, 6) is 0.809. The van der Waals surface area contributed by atoms with Crippen LogP contribution in [0.5, 0.6) is 0 Å². The molecule has 6 nitrogen and oxygen atoms in total. The molecule has 4 rings (SSSR count). The first-order chi connectivity index (χ1) is 15.6. The second kappa shape index (κ2) is 11.9. The number of rotatable bonds is 7. The van der Waals surface area contributed by atoms with E-state index < -0.39 is 0 Å². The minimum atomic E-state index is 0. The van der Waals surface area contributed by atoms with Crippen LogP contribution in [0.1, 0.15) is 29.4 Å². The molecule has 1 aliphatic heterocycles. The third kappa shape index (κ3) is 6.37. The van der Waals surface area contributed by atoms with Crippen LogP contribution in [0.25, 0.3) is 5.69 Å². The number of nitrogens with zero attached hydrogens (tertiary/aromatic N) is 4. The van der Waals surface area contributed by atoms with Gasteiger partial charge in [-0.1, -0.05) is 42.5 Å². The lowest BCUT2D eigenvalue weighted by Crippen LogP contribution is -2.37. The number of hydrogen-bond donors (Lipinski definition) is 2. The molecule has 0 amide bonds. The van der Waals surface area contributed by atoms with Crippen molar-refractivity contribution in [1.29, 1.82) is 0 Å². The number of anilines is 1. The number of aromatic nitrogens is 2. The fourth-order valence-electron chi connectivity index (χ4n) is 3.97. The van der Waals surface area contributed by atoms with Crippen LogP contribution < -0.4 is 15.5 Å². The molecule has 0 spiro atoms. The smallest absolute Gasteiger partial charge is 0.191 e. The summed E-state index contributed by atoms with van der Waals surface area (Å²) in [7, 11) is 0. The molecule has 0 bridgehead atoms. The molecule has 7 heteroatoms. The van der Waals surface area contributed by atoms with Crippen LogP contribution in [0, 0.1) is 13.8 Å². The van der Waals surface area contributed by atoms with Gasteiger partial charge in [-0.3, -0.25) is 0 Å². The highest BCUT2D eigenvalue weighted by atomic mass is 127. The van der Waals surface area contributed by atoms with Gasteiger partial charge in [-0.15, -0.1) is 24.0 Å². The topological polar surface area (TPSA) is 57.5 Å². The number of halogens is 1. The van der Waals surface area contributed by atoms with Crippen molar-refractivity contribution in [3.63, 3.8) is 0 Å². The molecular weight excluding hydrogens is 523 g/mol. The summed E-state index contributed by atoms with van der Waals surface area (Å²) in [5.41, 5.74) is 6.87. The second-order valence-corrected chi connectivity index (χ2v) is 8.06. The van der Waals surface area contributed by atoms with Crippen molar-refractivity contribution in [3.8, 4) is 5.69 Å². The molecule has 0 atom stereocenters. The number of aliphatic imine (C=N–C) groups is 1. The zero-order valence-electron chi connectivity index (χ0n) is 19.6. The predicted octanol–water partition coefficient (Wildman–Crippen LogP) is 4.74. The van der Waals surface area contributed by atoms with Gasteiger partial charge in [0, 0.05) is 37.6 Å². The molecule has 0 radical (unpaired) electrons. The van der Waals surface area contributed by atoms with E-state index in [4.69, 9.17) is 4.99 Å². The number of guanidine groups is 1. The Kier molecular flexibility index (Phi) is 8.94. The van der Waals surface area contributed by atoms with E-state index in [-0.39, 0.29) is 24.0 Å². The summed E-state index contributed by atoms with van der Waals surface area (Å²) < 4.78 is 2.01. The van der Waals surface area contributed by atoms with Gasteiger partial charge >= 0.3 is 0 Å². The van der Waals surface area contributed by atoms with E-state index in [0.29, 0.717) is 13.1 Å². The molecule has 174 valence electrons. The molecule has 33 heavy (non-hydrogen) atoms. The van der Waals surface area contributed by atoms with Gasteiger partial charge < -0.3 is 15.5 Å². The Bertz CT molecular complexity index is 1110. The highest BCUT2D eigenvalue weighted by Crippen LogP contribution is 2.19.